The third-order valence-electron chi connectivity index (χ3n) is 8.00. The number of rotatable bonds is 6. The maximum Gasteiger partial charge on any atom is 0.257 e. The molecule has 2 amide bonds. The lowest BCUT2D eigenvalue weighted by molar-refractivity contribution is -0.131. The number of amides is 2. The third kappa shape index (κ3) is 6.59. The van der Waals surface area contributed by atoms with Gasteiger partial charge in [-0.2, -0.15) is 0 Å². The monoisotopic (exact) mass is 524 g/mol. The maximum atomic E-state index is 13.3. The number of fused-ring (bicyclic) bond motifs is 9. The molecule has 5 rings (SSSR count). The number of ether oxygens (including phenoxy) is 3. The SMILES string of the molecule is COc1ccc(CCC(=O)N2CCCCC3(CO)CCN(CC3)C(=O)c3ccccc3OCC2)cc1OC. The minimum absolute atomic E-state index is 0.0372. The Kier molecular flexibility index (Phi) is 9.50. The number of hydrogen-bond donors (Lipinski definition) is 1. The van der Waals surface area contributed by atoms with Gasteiger partial charge in [0.25, 0.3) is 5.91 Å². The molecule has 3 aliphatic rings. The Balaban J connectivity index is 1.46. The van der Waals surface area contributed by atoms with Gasteiger partial charge in [-0.25, -0.2) is 0 Å². The summed E-state index contributed by atoms with van der Waals surface area (Å²) in [5, 5.41) is 10.2. The molecule has 3 heterocycles. The zero-order valence-electron chi connectivity index (χ0n) is 22.6. The minimum atomic E-state index is -0.158. The quantitative estimate of drug-likeness (QED) is 0.616. The van der Waals surface area contributed by atoms with Crippen LogP contribution >= 0.6 is 0 Å². The second-order valence-electron chi connectivity index (χ2n) is 10.3. The van der Waals surface area contributed by atoms with Crippen LogP contribution in [-0.4, -0.2) is 80.3 Å². The first-order chi connectivity index (χ1) is 18.5. The Hall–Kier alpha value is -3.26. The summed E-state index contributed by atoms with van der Waals surface area (Å²) in [5.74, 6) is 1.89. The Bertz CT molecular complexity index is 1100. The number of nitrogens with zero attached hydrogens (tertiary/aromatic N) is 2. The zero-order chi connectivity index (χ0) is 27.0. The van der Waals surface area contributed by atoms with Crippen molar-refractivity contribution in [3.05, 3.63) is 53.6 Å². The Labute approximate surface area is 225 Å². The highest BCUT2D eigenvalue weighted by molar-refractivity contribution is 5.97. The highest BCUT2D eigenvalue weighted by atomic mass is 16.5. The van der Waals surface area contributed by atoms with Crippen molar-refractivity contribution in [2.45, 2.75) is 44.9 Å². The number of aliphatic hydroxyl groups excluding tert-OH is 1. The summed E-state index contributed by atoms with van der Waals surface area (Å²) in [6, 6.07) is 13.0. The van der Waals surface area contributed by atoms with E-state index in [1.165, 1.54) is 0 Å². The van der Waals surface area contributed by atoms with Crippen LogP contribution in [0.4, 0.5) is 0 Å². The molecule has 38 heavy (non-hydrogen) atoms. The van der Waals surface area contributed by atoms with Gasteiger partial charge in [0.15, 0.2) is 11.5 Å². The molecule has 1 saturated heterocycles. The van der Waals surface area contributed by atoms with Crippen LogP contribution in [-0.2, 0) is 11.2 Å². The van der Waals surface area contributed by atoms with Crippen molar-refractivity contribution >= 4 is 11.8 Å². The number of benzene rings is 2. The highest BCUT2D eigenvalue weighted by Gasteiger charge is 2.36. The van der Waals surface area contributed by atoms with E-state index < -0.39 is 0 Å². The lowest BCUT2D eigenvalue weighted by Crippen LogP contribution is -2.44. The number of carbonyl (C=O) groups is 2. The van der Waals surface area contributed by atoms with Gasteiger partial charge in [-0.1, -0.05) is 24.6 Å². The van der Waals surface area contributed by atoms with Gasteiger partial charge < -0.3 is 29.1 Å². The number of piperidine rings is 1. The van der Waals surface area contributed by atoms with Crippen LogP contribution in [0, 0.1) is 5.41 Å². The predicted molar refractivity (Wildman–Crippen MR) is 145 cm³/mol. The van der Waals surface area contributed by atoms with Gasteiger partial charge in [0, 0.05) is 32.7 Å². The molecule has 0 radical (unpaired) electrons. The lowest BCUT2D eigenvalue weighted by atomic mass is 9.75. The van der Waals surface area contributed by atoms with Crippen LogP contribution in [0.2, 0.25) is 0 Å². The lowest BCUT2D eigenvalue weighted by Gasteiger charge is -2.41. The van der Waals surface area contributed by atoms with Gasteiger partial charge in [0.1, 0.15) is 12.4 Å². The van der Waals surface area contributed by atoms with E-state index in [-0.39, 0.29) is 23.8 Å². The van der Waals surface area contributed by atoms with Crippen molar-refractivity contribution in [2.75, 3.05) is 53.6 Å². The fourth-order valence-corrected chi connectivity index (χ4v) is 5.49. The van der Waals surface area contributed by atoms with Crippen molar-refractivity contribution in [1.82, 2.24) is 9.80 Å². The summed E-state index contributed by atoms with van der Waals surface area (Å²) in [6.07, 6.45) is 5.22. The number of para-hydroxylation sites is 1. The van der Waals surface area contributed by atoms with E-state index in [0.29, 0.717) is 68.4 Å². The molecule has 0 unspecified atom stereocenters. The molecule has 206 valence electrons. The van der Waals surface area contributed by atoms with Crippen LogP contribution < -0.4 is 14.2 Å². The molecule has 8 nitrogen and oxygen atoms in total. The molecule has 0 aliphatic carbocycles. The van der Waals surface area contributed by atoms with Crippen molar-refractivity contribution < 1.29 is 28.9 Å². The van der Waals surface area contributed by atoms with E-state index in [4.69, 9.17) is 14.2 Å². The standard InChI is InChI=1S/C30H40N2O6/c1-36-26-11-9-23(21-27(26)37-2)10-12-28(34)31-16-6-5-13-30(22-33)14-17-32(18-15-30)29(35)24-7-3-4-8-25(24)38-20-19-31/h3-4,7-9,11,21,33H,5-6,10,12-20,22H2,1-2H3. The van der Waals surface area contributed by atoms with Gasteiger partial charge in [-0.05, 0) is 67.3 Å². The molecule has 0 saturated carbocycles. The first-order valence-corrected chi connectivity index (χ1v) is 13.6. The van der Waals surface area contributed by atoms with Crippen LogP contribution in [0.1, 0.15) is 54.4 Å². The molecule has 3 aliphatic heterocycles. The average Bonchev–Trinajstić information content (AvgIpc) is 2.97. The Morgan fingerprint density at radius 1 is 0.974 bits per heavy atom. The van der Waals surface area contributed by atoms with Gasteiger partial charge in [-0.3, -0.25) is 9.59 Å². The summed E-state index contributed by atoms with van der Waals surface area (Å²) in [4.78, 5) is 30.4. The fourth-order valence-electron chi connectivity index (χ4n) is 5.49. The second kappa shape index (κ2) is 13.0. The van der Waals surface area contributed by atoms with Crippen LogP contribution in [0.15, 0.2) is 42.5 Å². The average molecular weight is 525 g/mol. The van der Waals surface area contributed by atoms with Gasteiger partial charge in [0.2, 0.25) is 5.91 Å². The summed E-state index contributed by atoms with van der Waals surface area (Å²) >= 11 is 0. The highest BCUT2D eigenvalue weighted by Crippen LogP contribution is 2.37. The van der Waals surface area contributed by atoms with Gasteiger partial charge in [-0.15, -0.1) is 0 Å². The summed E-state index contributed by atoms with van der Waals surface area (Å²) < 4.78 is 16.8. The molecule has 0 atom stereocenters. The molecule has 1 fully saturated rings. The molecule has 0 spiro atoms. The van der Waals surface area contributed by atoms with Crippen LogP contribution in [0.25, 0.3) is 0 Å². The summed E-state index contributed by atoms with van der Waals surface area (Å²) in [6.45, 7) is 2.79. The Morgan fingerprint density at radius 2 is 1.74 bits per heavy atom. The number of aryl methyl sites for hydroxylation is 1. The second-order valence-corrected chi connectivity index (χ2v) is 10.3. The molecule has 1 N–H and O–H groups in total. The smallest absolute Gasteiger partial charge is 0.257 e. The normalized spacial score (nSPS) is 18.1. The first-order valence-electron chi connectivity index (χ1n) is 13.6. The first kappa shape index (κ1) is 27.8. The van der Waals surface area contributed by atoms with E-state index >= 15 is 0 Å². The van der Waals surface area contributed by atoms with E-state index in [2.05, 4.69) is 0 Å². The van der Waals surface area contributed by atoms with Gasteiger partial charge >= 0.3 is 0 Å². The maximum absolute atomic E-state index is 13.3. The van der Waals surface area contributed by atoms with E-state index in [1.54, 1.807) is 20.3 Å². The molecule has 8 heteroatoms. The van der Waals surface area contributed by atoms with Crippen molar-refractivity contribution in [2.24, 2.45) is 5.41 Å². The minimum Gasteiger partial charge on any atom is -0.493 e. The largest absolute Gasteiger partial charge is 0.493 e. The molecular weight excluding hydrogens is 484 g/mol. The Morgan fingerprint density at radius 3 is 2.47 bits per heavy atom. The van der Waals surface area contributed by atoms with Crippen LogP contribution in [0.5, 0.6) is 17.2 Å². The fraction of sp³-hybridized carbons (Fsp3) is 0.533. The molecule has 2 bridgehead atoms. The number of methoxy groups -OCH3 is 2. The van der Waals surface area contributed by atoms with Crippen molar-refractivity contribution in [3.8, 4) is 17.2 Å². The van der Waals surface area contributed by atoms with Gasteiger partial charge in [0.05, 0.1) is 26.3 Å². The predicted octanol–water partition coefficient (Wildman–Crippen LogP) is 3.94. The third-order valence-corrected chi connectivity index (χ3v) is 8.00. The summed E-state index contributed by atoms with van der Waals surface area (Å²) in [7, 11) is 3.20. The molecular formula is C30H40N2O6. The number of aliphatic hydroxyl groups is 1. The van der Waals surface area contributed by atoms with E-state index in [9.17, 15) is 14.7 Å². The molecule has 2 aromatic carbocycles. The molecule has 0 aromatic heterocycles. The van der Waals surface area contributed by atoms with Crippen LogP contribution in [0.3, 0.4) is 0 Å². The molecule has 2 aromatic rings. The topological polar surface area (TPSA) is 88.5 Å². The van der Waals surface area contributed by atoms with Crippen molar-refractivity contribution in [3.63, 3.8) is 0 Å². The summed E-state index contributed by atoms with van der Waals surface area (Å²) in [5.41, 5.74) is 1.40. The number of hydrogen-bond acceptors (Lipinski definition) is 6. The van der Waals surface area contributed by atoms with Crippen molar-refractivity contribution in [1.29, 1.82) is 0 Å². The number of carbonyl (C=O) groups excluding carboxylic acids is 2. The zero-order valence-corrected chi connectivity index (χ0v) is 22.6. The van der Waals surface area contributed by atoms with E-state index in [1.807, 2.05) is 46.2 Å². The van der Waals surface area contributed by atoms with E-state index in [0.717, 1.165) is 37.7 Å².